The van der Waals surface area contributed by atoms with Crippen molar-refractivity contribution in [1.82, 2.24) is 15.1 Å². The van der Waals surface area contributed by atoms with Gasteiger partial charge in [0.25, 0.3) is 5.91 Å². The van der Waals surface area contributed by atoms with Crippen LogP contribution in [-0.2, 0) is 9.47 Å². The number of hydrogen-bond donors (Lipinski definition) is 1. The van der Waals surface area contributed by atoms with Crippen molar-refractivity contribution < 1.29 is 19.1 Å². The molecule has 2 aromatic rings. The van der Waals surface area contributed by atoms with E-state index < -0.39 is 0 Å². The molecule has 0 radical (unpaired) electrons. The number of benzene rings is 1. The normalized spacial score (nSPS) is 25.3. The van der Waals surface area contributed by atoms with Crippen molar-refractivity contribution in [1.29, 1.82) is 0 Å². The predicted octanol–water partition coefficient (Wildman–Crippen LogP) is 4.05. The van der Waals surface area contributed by atoms with Crippen LogP contribution in [0.4, 0.5) is 4.79 Å². The number of hydrogen-bond acceptors (Lipinski definition) is 6. The van der Waals surface area contributed by atoms with Crippen molar-refractivity contribution in [2.24, 2.45) is 11.8 Å². The molecule has 3 aliphatic rings. The van der Waals surface area contributed by atoms with Crippen molar-refractivity contribution in [3.8, 4) is 0 Å². The smallest absolute Gasteiger partial charge is 0.407 e. The van der Waals surface area contributed by atoms with Crippen LogP contribution in [0.25, 0.3) is 0 Å². The maximum atomic E-state index is 12.8. The Labute approximate surface area is 209 Å². The first-order valence-electron chi connectivity index (χ1n) is 11.9. The van der Waals surface area contributed by atoms with Gasteiger partial charge in [0.05, 0.1) is 24.3 Å². The monoisotopic (exact) mass is 503 g/mol. The molecule has 0 aliphatic carbocycles. The molecule has 3 saturated heterocycles. The summed E-state index contributed by atoms with van der Waals surface area (Å²) in [5, 5.41) is 5.48. The number of fused-ring (bicyclic) bond motifs is 1. The second-order valence-corrected chi connectivity index (χ2v) is 10.7. The Hall–Kier alpha value is -2.13. The molecule has 1 aromatic heterocycles. The summed E-state index contributed by atoms with van der Waals surface area (Å²) in [5.41, 5.74) is 1.08. The van der Waals surface area contributed by atoms with Gasteiger partial charge in [-0.2, -0.15) is 0 Å². The summed E-state index contributed by atoms with van der Waals surface area (Å²) in [5.74, 6) is 1.02. The summed E-state index contributed by atoms with van der Waals surface area (Å²) in [6, 6.07) is 11.7. The Balaban J connectivity index is 1.14. The van der Waals surface area contributed by atoms with Crippen molar-refractivity contribution >= 4 is 34.9 Å². The van der Waals surface area contributed by atoms with Gasteiger partial charge in [-0.1, -0.05) is 41.9 Å². The van der Waals surface area contributed by atoms with Gasteiger partial charge in [-0.15, -0.1) is 11.3 Å². The second kappa shape index (κ2) is 10.6. The highest BCUT2D eigenvalue weighted by Crippen LogP contribution is 2.34. The number of thiophene rings is 1. The number of nitrogens with one attached hydrogen (secondary N) is 1. The molecule has 4 atom stereocenters. The van der Waals surface area contributed by atoms with Gasteiger partial charge in [-0.3, -0.25) is 4.79 Å². The van der Waals surface area contributed by atoms with Crippen molar-refractivity contribution in [2.45, 2.75) is 25.0 Å². The van der Waals surface area contributed by atoms with Gasteiger partial charge in [0.15, 0.2) is 0 Å². The highest BCUT2D eigenvalue weighted by Gasteiger charge is 2.42. The molecule has 0 spiro atoms. The van der Waals surface area contributed by atoms with Gasteiger partial charge in [-0.05, 0) is 35.3 Å². The minimum absolute atomic E-state index is 0.0560. The van der Waals surface area contributed by atoms with E-state index in [1.807, 2.05) is 40.6 Å². The summed E-state index contributed by atoms with van der Waals surface area (Å²) in [7, 11) is 0. The molecule has 1 N–H and O–H groups in total. The Kier molecular flexibility index (Phi) is 7.39. The standard InChI is InChI=1S/C25H30ClN3O4S/c26-21-8-11-34-23(21)24(30)29-14-18-12-28(13-19(18)15-29)9-6-22(17-4-2-1-3-5-17)27-25(31)33-20-7-10-32-16-20/h1-5,8,11,18-20,22H,6-7,9-10,12-16H2,(H,27,31)/t18-,19?,20?,22?/m0/s1. The SMILES string of the molecule is O=C(NC(CCN1CC2CN(C(=O)c3sccc3Cl)C[C@@H]2C1)c1ccccc1)OC1CCOC1. The number of amides is 2. The van der Waals surface area contributed by atoms with E-state index in [2.05, 4.69) is 10.2 Å². The number of carbonyl (C=O) groups excluding carboxylic acids is 2. The first-order chi connectivity index (χ1) is 16.6. The minimum atomic E-state index is -0.385. The van der Waals surface area contributed by atoms with Crippen LogP contribution < -0.4 is 5.32 Å². The Morgan fingerprint density at radius 2 is 1.91 bits per heavy atom. The minimum Gasteiger partial charge on any atom is -0.444 e. The number of halogens is 1. The molecular weight excluding hydrogens is 474 g/mol. The zero-order valence-electron chi connectivity index (χ0n) is 19.0. The molecular formula is C25H30ClN3O4S. The van der Waals surface area contributed by atoms with Crippen LogP contribution in [0.15, 0.2) is 41.8 Å². The van der Waals surface area contributed by atoms with Crippen molar-refractivity contribution in [3.63, 3.8) is 0 Å². The Bertz CT molecular complexity index is 983. The molecule has 3 aliphatic heterocycles. The number of likely N-dealkylation sites (tertiary alicyclic amines) is 2. The van der Waals surface area contributed by atoms with Gasteiger partial charge >= 0.3 is 6.09 Å². The quantitative estimate of drug-likeness (QED) is 0.617. The molecule has 34 heavy (non-hydrogen) atoms. The van der Waals surface area contributed by atoms with Crippen LogP contribution in [-0.4, -0.2) is 73.8 Å². The lowest BCUT2D eigenvalue weighted by Gasteiger charge is -2.25. The third-order valence-corrected chi connectivity index (χ3v) is 8.38. The number of rotatable bonds is 7. The average molecular weight is 504 g/mol. The van der Waals surface area contributed by atoms with E-state index in [4.69, 9.17) is 21.1 Å². The highest BCUT2D eigenvalue weighted by atomic mass is 35.5. The molecule has 7 nitrogen and oxygen atoms in total. The Morgan fingerprint density at radius 1 is 1.15 bits per heavy atom. The lowest BCUT2D eigenvalue weighted by atomic mass is 10.0. The predicted molar refractivity (Wildman–Crippen MR) is 131 cm³/mol. The topological polar surface area (TPSA) is 71.1 Å². The molecule has 3 unspecified atom stereocenters. The molecule has 1 aromatic carbocycles. The lowest BCUT2D eigenvalue weighted by molar-refractivity contribution is 0.0778. The van der Waals surface area contributed by atoms with E-state index in [1.165, 1.54) is 11.3 Å². The first-order valence-corrected chi connectivity index (χ1v) is 13.2. The molecule has 3 fully saturated rings. The fourth-order valence-corrected chi connectivity index (χ4v) is 6.38. The third kappa shape index (κ3) is 5.40. The maximum Gasteiger partial charge on any atom is 0.407 e. The number of carbonyl (C=O) groups is 2. The van der Waals surface area contributed by atoms with Crippen LogP contribution in [0.1, 0.15) is 34.1 Å². The summed E-state index contributed by atoms with van der Waals surface area (Å²) >= 11 is 7.58. The van der Waals surface area contributed by atoms with Gasteiger partial charge in [0.1, 0.15) is 11.0 Å². The summed E-state index contributed by atoms with van der Waals surface area (Å²) in [6.45, 7) is 5.49. The van der Waals surface area contributed by atoms with Crippen LogP contribution >= 0.6 is 22.9 Å². The van der Waals surface area contributed by atoms with E-state index in [1.54, 1.807) is 6.07 Å². The van der Waals surface area contributed by atoms with E-state index in [9.17, 15) is 9.59 Å². The van der Waals surface area contributed by atoms with E-state index in [0.717, 1.165) is 51.1 Å². The lowest BCUT2D eigenvalue weighted by Crippen LogP contribution is -2.36. The summed E-state index contributed by atoms with van der Waals surface area (Å²) in [6.07, 6.45) is 0.999. The first kappa shape index (κ1) is 23.6. The van der Waals surface area contributed by atoms with Crippen LogP contribution in [0.3, 0.4) is 0 Å². The van der Waals surface area contributed by atoms with Crippen LogP contribution in [0.5, 0.6) is 0 Å². The van der Waals surface area contributed by atoms with Crippen molar-refractivity contribution in [3.05, 3.63) is 57.2 Å². The fourth-order valence-electron chi connectivity index (χ4n) is 5.28. The van der Waals surface area contributed by atoms with Gasteiger partial charge in [-0.25, -0.2) is 4.79 Å². The average Bonchev–Trinajstić information content (AvgIpc) is 3.62. The zero-order valence-corrected chi connectivity index (χ0v) is 20.6. The molecule has 0 bridgehead atoms. The largest absolute Gasteiger partial charge is 0.444 e. The Morgan fingerprint density at radius 3 is 2.56 bits per heavy atom. The van der Waals surface area contributed by atoms with Gasteiger partial charge < -0.3 is 24.6 Å². The second-order valence-electron chi connectivity index (χ2n) is 9.37. The van der Waals surface area contributed by atoms with E-state index in [-0.39, 0.29) is 24.1 Å². The van der Waals surface area contributed by atoms with Crippen LogP contribution in [0.2, 0.25) is 5.02 Å². The fraction of sp³-hybridized carbons (Fsp3) is 0.520. The van der Waals surface area contributed by atoms with E-state index >= 15 is 0 Å². The number of ether oxygens (including phenoxy) is 2. The summed E-state index contributed by atoms with van der Waals surface area (Å²) < 4.78 is 10.8. The molecule has 182 valence electrons. The summed E-state index contributed by atoms with van der Waals surface area (Å²) in [4.78, 5) is 30.4. The zero-order chi connectivity index (χ0) is 23.5. The number of alkyl carbamates (subject to hydrolysis) is 1. The molecule has 9 heteroatoms. The highest BCUT2D eigenvalue weighted by molar-refractivity contribution is 7.12. The molecule has 5 rings (SSSR count). The van der Waals surface area contributed by atoms with Crippen LogP contribution in [0, 0.1) is 11.8 Å². The molecule has 0 saturated carbocycles. The maximum absolute atomic E-state index is 12.8. The van der Waals surface area contributed by atoms with Gasteiger partial charge in [0.2, 0.25) is 0 Å². The molecule has 4 heterocycles. The van der Waals surface area contributed by atoms with Gasteiger partial charge in [0, 0.05) is 39.1 Å². The van der Waals surface area contributed by atoms with Crippen molar-refractivity contribution in [2.75, 3.05) is 45.9 Å². The number of nitrogens with zero attached hydrogens (tertiary/aromatic N) is 2. The van der Waals surface area contributed by atoms with E-state index in [0.29, 0.717) is 34.9 Å². The third-order valence-electron chi connectivity index (χ3n) is 7.05. The molecule has 2 amide bonds.